The predicted octanol–water partition coefficient (Wildman–Crippen LogP) is 4.98. The largest absolute Gasteiger partial charge is 0.372 e. The van der Waals surface area contributed by atoms with E-state index in [1.807, 2.05) is 0 Å². The first kappa shape index (κ1) is 18.0. The van der Waals surface area contributed by atoms with Gasteiger partial charge in [0, 0.05) is 30.9 Å². The monoisotopic (exact) mass is 290 g/mol. The molecule has 2 heteroatoms. The number of hydrogen-bond acceptors (Lipinski definition) is 2. The summed E-state index contributed by atoms with van der Waals surface area (Å²) < 4.78 is 0. The van der Waals surface area contributed by atoms with Gasteiger partial charge in [0.2, 0.25) is 0 Å². The van der Waals surface area contributed by atoms with E-state index in [0.717, 1.165) is 6.54 Å². The maximum absolute atomic E-state index is 3.54. The summed E-state index contributed by atoms with van der Waals surface area (Å²) in [6, 6.07) is 9.09. The van der Waals surface area contributed by atoms with E-state index in [1.54, 1.807) is 0 Å². The molecule has 0 aromatic heterocycles. The molecule has 2 nitrogen and oxygen atoms in total. The van der Waals surface area contributed by atoms with Crippen LogP contribution in [0.25, 0.3) is 0 Å². The molecule has 1 aromatic carbocycles. The maximum Gasteiger partial charge on any atom is 0.0366 e. The number of rotatable bonds is 9. The van der Waals surface area contributed by atoms with E-state index in [2.05, 4.69) is 69.1 Å². The molecule has 1 N–H and O–H groups in total. The fraction of sp³-hybridized carbons (Fsp3) is 0.684. The van der Waals surface area contributed by atoms with Crippen LogP contribution in [0, 0.1) is 0 Å². The van der Waals surface area contributed by atoms with Crippen LogP contribution in [-0.4, -0.2) is 18.6 Å². The van der Waals surface area contributed by atoms with Gasteiger partial charge in [-0.2, -0.15) is 0 Å². The average Bonchev–Trinajstić information content (AvgIpc) is 2.45. The molecule has 0 saturated carbocycles. The van der Waals surface area contributed by atoms with Crippen LogP contribution >= 0.6 is 0 Å². The van der Waals surface area contributed by atoms with Gasteiger partial charge in [-0.25, -0.2) is 0 Å². The number of benzene rings is 1. The Bertz CT molecular complexity index is 368. The van der Waals surface area contributed by atoms with Crippen molar-refractivity contribution in [3.63, 3.8) is 0 Å². The number of nitrogens with one attached hydrogen (secondary N) is 1. The maximum atomic E-state index is 3.54. The summed E-state index contributed by atoms with van der Waals surface area (Å²) in [5.41, 5.74) is 2.91. The highest BCUT2D eigenvalue weighted by atomic mass is 15.1. The van der Waals surface area contributed by atoms with Crippen molar-refractivity contribution in [2.75, 3.05) is 18.0 Å². The lowest BCUT2D eigenvalue weighted by molar-refractivity contribution is 0.424. The van der Waals surface area contributed by atoms with Crippen molar-refractivity contribution in [1.29, 1.82) is 0 Å². The zero-order valence-electron chi connectivity index (χ0n) is 14.7. The van der Waals surface area contributed by atoms with Gasteiger partial charge in [-0.15, -0.1) is 0 Å². The fourth-order valence-electron chi connectivity index (χ4n) is 2.26. The Labute approximate surface area is 131 Å². The van der Waals surface area contributed by atoms with Crippen molar-refractivity contribution in [3.8, 4) is 0 Å². The molecule has 0 fully saturated rings. The minimum Gasteiger partial charge on any atom is -0.372 e. The Morgan fingerprint density at radius 3 is 1.86 bits per heavy atom. The van der Waals surface area contributed by atoms with E-state index in [1.165, 1.54) is 50.0 Å². The van der Waals surface area contributed by atoms with Crippen LogP contribution in [0.15, 0.2) is 24.3 Å². The Morgan fingerprint density at radius 1 is 0.905 bits per heavy atom. The Hall–Kier alpha value is -1.02. The van der Waals surface area contributed by atoms with Crippen LogP contribution in [0.4, 0.5) is 5.69 Å². The van der Waals surface area contributed by atoms with Crippen LogP contribution in [0.5, 0.6) is 0 Å². The smallest absolute Gasteiger partial charge is 0.0366 e. The van der Waals surface area contributed by atoms with Gasteiger partial charge in [0.1, 0.15) is 0 Å². The van der Waals surface area contributed by atoms with Crippen molar-refractivity contribution in [2.45, 2.75) is 72.4 Å². The van der Waals surface area contributed by atoms with Crippen molar-refractivity contribution in [3.05, 3.63) is 29.8 Å². The lowest BCUT2D eigenvalue weighted by Crippen LogP contribution is -2.35. The summed E-state index contributed by atoms with van der Waals surface area (Å²) >= 11 is 0. The molecule has 0 aliphatic rings. The number of unbranched alkanes of at least 4 members (excludes halogenated alkanes) is 2. The summed E-state index contributed by atoms with van der Waals surface area (Å²) in [6.45, 7) is 14.4. The van der Waals surface area contributed by atoms with Crippen LogP contribution in [0.1, 0.15) is 65.9 Å². The first-order valence-corrected chi connectivity index (χ1v) is 8.55. The first-order chi connectivity index (χ1) is 9.96. The third-order valence-electron chi connectivity index (χ3n) is 3.69. The van der Waals surface area contributed by atoms with Crippen molar-refractivity contribution in [1.82, 2.24) is 5.32 Å². The van der Waals surface area contributed by atoms with Crippen molar-refractivity contribution >= 4 is 5.69 Å². The molecule has 21 heavy (non-hydrogen) atoms. The zero-order chi connectivity index (χ0) is 15.7. The molecule has 0 amide bonds. The third kappa shape index (κ3) is 7.52. The van der Waals surface area contributed by atoms with Crippen molar-refractivity contribution in [2.24, 2.45) is 0 Å². The summed E-state index contributed by atoms with van der Waals surface area (Å²) in [5, 5.41) is 3.54. The van der Waals surface area contributed by atoms with Gasteiger partial charge in [0.15, 0.2) is 0 Å². The molecule has 0 aliphatic heterocycles. The Kier molecular flexibility index (Phi) is 7.81. The Balaban J connectivity index is 2.63. The molecule has 0 unspecified atom stereocenters. The normalized spacial score (nSPS) is 11.7. The van der Waals surface area contributed by atoms with E-state index in [-0.39, 0.29) is 5.54 Å². The predicted molar refractivity (Wildman–Crippen MR) is 95.1 cm³/mol. The molecule has 120 valence electrons. The highest BCUT2D eigenvalue weighted by Gasteiger charge is 2.09. The first-order valence-electron chi connectivity index (χ1n) is 8.55. The van der Waals surface area contributed by atoms with Crippen molar-refractivity contribution < 1.29 is 0 Å². The quantitative estimate of drug-likeness (QED) is 0.690. The van der Waals surface area contributed by atoms with E-state index in [0.29, 0.717) is 0 Å². The molecule has 0 radical (unpaired) electrons. The van der Waals surface area contributed by atoms with Gasteiger partial charge in [-0.05, 0) is 51.3 Å². The van der Waals surface area contributed by atoms with E-state index >= 15 is 0 Å². The molecule has 1 rings (SSSR count). The van der Waals surface area contributed by atoms with E-state index < -0.39 is 0 Å². The number of nitrogens with zero attached hydrogens (tertiary/aromatic N) is 1. The highest BCUT2D eigenvalue weighted by Crippen LogP contribution is 2.17. The second-order valence-electron chi connectivity index (χ2n) is 6.96. The molecule has 0 heterocycles. The lowest BCUT2D eigenvalue weighted by atomic mass is 10.1. The molecule has 0 atom stereocenters. The van der Waals surface area contributed by atoms with Gasteiger partial charge in [-0.3, -0.25) is 0 Å². The Morgan fingerprint density at radius 2 is 1.43 bits per heavy atom. The third-order valence-corrected chi connectivity index (χ3v) is 3.69. The second-order valence-corrected chi connectivity index (χ2v) is 6.96. The summed E-state index contributed by atoms with van der Waals surface area (Å²) in [5.74, 6) is 0. The number of anilines is 1. The van der Waals surface area contributed by atoms with E-state index in [9.17, 15) is 0 Å². The molecule has 0 aliphatic carbocycles. The number of hydrogen-bond donors (Lipinski definition) is 1. The average molecular weight is 290 g/mol. The van der Waals surface area contributed by atoms with Gasteiger partial charge in [0.25, 0.3) is 0 Å². The lowest BCUT2D eigenvalue weighted by Gasteiger charge is -2.25. The zero-order valence-corrected chi connectivity index (χ0v) is 14.7. The molecule has 0 bridgehead atoms. The molecule has 1 aromatic rings. The molecular formula is C19H34N2. The van der Waals surface area contributed by atoms with E-state index in [4.69, 9.17) is 0 Å². The summed E-state index contributed by atoms with van der Waals surface area (Å²) in [7, 11) is 0. The fourth-order valence-corrected chi connectivity index (χ4v) is 2.26. The highest BCUT2D eigenvalue weighted by molar-refractivity contribution is 5.47. The van der Waals surface area contributed by atoms with Crippen LogP contribution < -0.4 is 10.2 Å². The molecular weight excluding hydrogens is 256 g/mol. The van der Waals surface area contributed by atoms with Crippen LogP contribution in [0.3, 0.4) is 0 Å². The second kappa shape index (κ2) is 9.09. The van der Waals surface area contributed by atoms with Gasteiger partial charge in [0.05, 0.1) is 0 Å². The minimum absolute atomic E-state index is 0.174. The molecule has 0 spiro atoms. The van der Waals surface area contributed by atoms with Gasteiger partial charge < -0.3 is 10.2 Å². The minimum atomic E-state index is 0.174. The SMILES string of the molecule is CCCCN(CCCC)c1ccc(CNC(C)(C)C)cc1. The summed E-state index contributed by atoms with van der Waals surface area (Å²) in [6.07, 6.45) is 5.07. The van der Waals surface area contributed by atoms with Gasteiger partial charge >= 0.3 is 0 Å². The topological polar surface area (TPSA) is 15.3 Å². The standard InChI is InChI=1S/C19H34N2/c1-6-8-14-21(15-9-7-2)18-12-10-17(11-13-18)16-20-19(3,4)5/h10-13,20H,6-9,14-16H2,1-5H3. The molecule has 0 saturated heterocycles. The van der Waals surface area contributed by atoms with Crippen LogP contribution in [0.2, 0.25) is 0 Å². The summed E-state index contributed by atoms with van der Waals surface area (Å²) in [4.78, 5) is 2.54. The van der Waals surface area contributed by atoms with Crippen LogP contribution in [-0.2, 0) is 6.54 Å². The van der Waals surface area contributed by atoms with Gasteiger partial charge in [-0.1, -0.05) is 38.8 Å².